The molecule has 1 aromatic heterocycles. The molecule has 5 nitrogen and oxygen atoms in total. The fourth-order valence-corrected chi connectivity index (χ4v) is 1.66. The van der Waals surface area contributed by atoms with Gasteiger partial charge in [0.25, 0.3) is 0 Å². The first-order valence-corrected chi connectivity index (χ1v) is 5.91. The molecule has 0 radical (unpaired) electrons. The van der Waals surface area contributed by atoms with E-state index in [4.69, 9.17) is 43.6 Å². The van der Waals surface area contributed by atoms with Crippen molar-refractivity contribution in [2.45, 2.75) is 6.61 Å². The largest absolute Gasteiger partial charge is 0.484 e. The lowest BCUT2D eigenvalue weighted by Gasteiger charge is -2.05. The molecule has 0 aliphatic carbocycles. The number of terminal acetylenes is 1. The van der Waals surface area contributed by atoms with E-state index in [9.17, 15) is 0 Å². The van der Waals surface area contributed by atoms with Crippen LogP contribution in [0.25, 0.3) is 0 Å². The van der Waals surface area contributed by atoms with E-state index in [-0.39, 0.29) is 19.3 Å². The monoisotopic (exact) mass is 298 g/mol. The van der Waals surface area contributed by atoms with Crippen LogP contribution >= 0.6 is 23.2 Å². The maximum atomic E-state index is 5.95. The molecule has 0 spiro atoms. The summed E-state index contributed by atoms with van der Waals surface area (Å²) in [7, 11) is 0. The van der Waals surface area contributed by atoms with Crippen LogP contribution in [0.5, 0.6) is 11.8 Å². The smallest absolute Gasteiger partial charge is 0.418 e. The Balaban J connectivity index is 1.95. The Morgan fingerprint density at radius 3 is 2.89 bits per heavy atom. The van der Waals surface area contributed by atoms with Crippen LogP contribution in [0.3, 0.4) is 0 Å². The van der Waals surface area contributed by atoms with E-state index in [0.29, 0.717) is 21.6 Å². The minimum absolute atomic E-state index is 0.00115. The van der Waals surface area contributed by atoms with Gasteiger partial charge in [0, 0.05) is 5.02 Å². The van der Waals surface area contributed by atoms with Gasteiger partial charge in [-0.3, -0.25) is 4.52 Å². The van der Waals surface area contributed by atoms with Crippen molar-refractivity contribution in [3.8, 4) is 24.2 Å². The van der Waals surface area contributed by atoms with Crippen molar-refractivity contribution in [1.29, 1.82) is 0 Å². The molecule has 0 amide bonds. The molecule has 98 valence electrons. The van der Waals surface area contributed by atoms with Gasteiger partial charge in [-0.25, -0.2) is 0 Å². The zero-order chi connectivity index (χ0) is 13.7. The number of aromatic nitrogens is 2. The molecule has 0 saturated heterocycles. The topological polar surface area (TPSA) is 57.4 Å². The SMILES string of the molecule is C#CCOc1nc(COc2ccc(Cl)cc2Cl)no1. The third-order valence-corrected chi connectivity index (χ3v) is 2.51. The third-order valence-electron chi connectivity index (χ3n) is 1.98. The van der Waals surface area contributed by atoms with Crippen LogP contribution in [0.2, 0.25) is 10.0 Å². The normalized spacial score (nSPS) is 9.95. The Kier molecular flexibility index (Phi) is 4.50. The summed E-state index contributed by atoms with van der Waals surface area (Å²) in [5.74, 6) is 3.08. The molecule has 0 atom stereocenters. The third kappa shape index (κ3) is 3.78. The molecule has 7 heteroatoms. The Labute approximate surface area is 119 Å². The fourth-order valence-electron chi connectivity index (χ4n) is 1.19. The molecule has 2 rings (SSSR count). The molecule has 0 aliphatic rings. The number of ether oxygens (including phenoxy) is 2. The lowest BCUT2D eigenvalue weighted by Crippen LogP contribution is -1.98. The van der Waals surface area contributed by atoms with E-state index >= 15 is 0 Å². The van der Waals surface area contributed by atoms with Gasteiger partial charge in [-0.2, -0.15) is 4.98 Å². The van der Waals surface area contributed by atoms with Crippen molar-refractivity contribution >= 4 is 23.2 Å². The molecule has 1 heterocycles. The average Bonchev–Trinajstić information content (AvgIpc) is 2.83. The summed E-state index contributed by atoms with van der Waals surface area (Å²) in [6, 6.07) is 4.90. The Morgan fingerprint density at radius 2 is 2.16 bits per heavy atom. The van der Waals surface area contributed by atoms with E-state index in [2.05, 4.69) is 16.1 Å². The van der Waals surface area contributed by atoms with Crippen molar-refractivity contribution in [3.63, 3.8) is 0 Å². The number of hydrogen-bond donors (Lipinski definition) is 0. The maximum absolute atomic E-state index is 5.95. The molecule has 0 bridgehead atoms. The summed E-state index contributed by atoms with van der Waals surface area (Å²) in [5.41, 5.74) is 0. The van der Waals surface area contributed by atoms with Crippen LogP contribution in [0.1, 0.15) is 5.82 Å². The number of rotatable bonds is 5. The highest BCUT2D eigenvalue weighted by Crippen LogP contribution is 2.28. The van der Waals surface area contributed by atoms with Gasteiger partial charge in [0.2, 0.25) is 5.82 Å². The summed E-state index contributed by atoms with van der Waals surface area (Å²) in [5, 5.41) is 4.59. The zero-order valence-corrected chi connectivity index (χ0v) is 11.1. The number of nitrogens with zero attached hydrogens (tertiary/aromatic N) is 2. The Morgan fingerprint density at radius 1 is 1.32 bits per heavy atom. The van der Waals surface area contributed by atoms with E-state index in [0.717, 1.165) is 0 Å². The van der Waals surface area contributed by atoms with Gasteiger partial charge in [-0.1, -0.05) is 34.3 Å². The Bertz CT molecular complexity index is 607. The van der Waals surface area contributed by atoms with E-state index in [1.54, 1.807) is 18.2 Å². The zero-order valence-electron chi connectivity index (χ0n) is 9.60. The quantitative estimate of drug-likeness (QED) is 0.794. The van der Waals surface area contributed by atoms with Crippen LogP contribution in [-0.4, -0.2) is 16.7 Å². The standard InChI is InChI=1S/C12H8Cl2N2O3/c1-2-5-17-12-15-11(16-19-12)7-18-10-4-3-8(13)6-9(10)14/h1,3-4,6H,5,7H2. The maximum Gasteiger partial charge on any atom is 0.418 e. The second kappa shape index (κ2) is 6.32. The predicted molar refractivity (Wildman–Crippen MR) is 69.4 cm³/mol. The number of benzene rings is 1. The first-order valence-electron chi connectivity index (χ1n) is 5.15. The summed E-state index contributed by atoms with van der Waals surface area (Å²) in [4.78, 5) is 3.92. The summed E-state index contributed by atoms with van der Waals surface area (Å²) in [6.45, 7) is 0.149. The highest BCUT2D eigenvalue weighted by Gasteiger charge is 2.09. The second-order valence-corrected chi connectivity index (χ2v) is 4.18. The van der Waals surface area contributed by atoms with Crippen molar-refractivity contribution in [2.75, 3.05) is 6.61 Å². The minimum Gasteiger partial charge on any atom is -0.484 e. The first kappa shape index (κ1) is 13.5. The molecule has 0 saturated carbocycles. The van der Waals surface area contributed by atoms with Crippen LogP contribution in [0, 0.1) is 12.3 Å². The molecule has 19 heavy (non-hydrogen) atoms. The molecular weight excluding hydrogens is 291 g/mol. The van der Waals surface area contributed by atoms with E-state index in [1.807, 2.05) is 0 Å². The fraction of sp³-hybridized carbons (Fsp3) is 0.167. The Hall–Kier alpha value is -1.90. The van der Waals surface area contributed by atoms with Crippen LogP contribution in [0.15, 0.2) is 22.7 Å². The van der Waals surface area contributed by atoms with Crippen molar-refractivity contribution < 1.29 is 14.0 Å². The van der Waals surface area contributed by atoms with Gasteiger partial charge >= 0.3 is 6.08 Å². The molecule has 0 aliphatic heterocycles. The molecular formula is C12H8Cl2N2O3. The first-order chi connectivity index (χ1) is 9.19. The van der Waals surface area contributed by atoms with Gasteiger partial charge in [-0.05, 0) is 18.2 Å². The minimum atomic E-state index is -0.00115. The summed E-state index contributed by atoms with van der Waals surface area (Å²) >= 11 is 11.7. The second-order valence-electron chi connectivity index (χ2n) is 3.33. The van der Waals surface area contributed by atoms with Gasteiger partial charge in [0.15, 0.2) is 13.2 Å². The molecule has 0 unspecified atom stereocenters. The lowest BCUT2D eigenvalue weighted by molar-refractivity contribution is 0.227. The summed E-state index contributed by atoms with van der Waals surface area (Å²) in [6.07, 6.45) is 5.03. The molecule has 0 fully saturated rings. The predicted octanol–water partition coefficient (Wildman–Crippen LogP) is 2.97. The van der Waals surface area contributed by atoms with E-state index < -0.39 is 0 Å². The highest BCUT2D eigenvalue weighted by molar-refractivity contribution is 6.35. The van der Waals surface area contributed by atoms with E-state index in [1.165, 1.54) is 0 Å². The number of halogens is 2. The highest BCUT2D eigenvalue weighted by atomic mass is 35.5. The van der Waals surface area contributed by atoms with Gasteiger partial charge in [0.05, 0.1) is 5.02 Å². The van der Waals surface area contributed by atoms with Gasteiger partial charge in [-0.15, -0.1) is 6.42 Å². The molecule has 0 N–H and O–H groups in total. The van der Waals surface area contributed by atoms with Gasteiger partial charge < -0.3 is 9.47 Å². The van der Waals surface area contributed by atoms with Crippen molar-refractivity contribution in [3.05, 3.63) is 34.1 Å². The van der Waals surface area contributed by atoms with Crippen LogP contribution in [0.4, 0.5) is 0 Å². The van der Waals surface area contributed by atoms with Crippen molar-refractivity contribution in [2.24, 2.45) is 0 Å². The van der Waals surface area contributed by atoms with Crippen molar-refractivity contribution in [1.82, 2.24) is 10.1 Å². The lowest BCUT2D eigenvalue weighted by atomic mass is 10.3. The van der Waals surface area contributed by atoms with Crippen LogP contribution in [-0.2, 0) is 6.61 Å². The molecule has 2 aromatic rings. The average molecular weight is 299 g/mol. The molecule has 1 aromatic carbocycles. The summed E-state index contributed by atoms with van der Waals surface area (Å²) < 4.78 is 15.2. The van der Waals surface area contributed by atoms with Gasteiger partial charge in [0.1, 0.15) is 5.75 Å². The van der Waals surface area contributed by atoms with Crippen LogP contribution < -0.4 is 9.47 Å². The number of hydrogen-bond acceptors (Lipinski definition) is 5.